The van der Waals surface area contributed by atoms with Gasteiger partial charge in [-0.05, 0) is 19.9 Å². The lowest BCUT2D eigenvalue weighted by Crippen LogP contribution is -2.41. The van der Waals surface area contributed by atoms with Crippen LogP contribution in [0, 0.1) is 6.92 Å². The Morgan fingerprint density at radius 2 is 2.14 bits per heavy atom. The number of methoxy groups -OCH3 is 1. The summed E-state index contributed by atoms with van der Waals surface area (Å²) in [6, 6.07) is 7.13. The average molecular weight is 306 g/mol. The highest BCUT2D eigenvalue weighted by atomic mass is 16.5. The molecular weight excluding hydrogens is 284 g/mol. The Bertz CT molecular complexity index is 638. The molecule has 1 aromatic heterocycles. The van der Waals surface area contributed by atoms with Gasteiger partial charge < -0.3 is 24.9 Å². The summed E-state index contributed by atoms with van der Waals surface area (Å²) in [7, 11) is 1.50. The summed E-state index contributed by atoms with van der Waals surface area (Å²) in [6.45, 7) is 4.14. The topological polar surface area (TPSA) is 83.7 Å². The minimum absolute atomic E-state index is 0.130. The first-order valence-corrected chi connectivity index (χ1v) is 7.22. The van der Waals surface area contributed by atoms with E-state index in [1.165, 1.54) is 7.11 Å². The number of carbonyl (C=O) groups excluding carboxylic acids is 1. The van der Waals surface area contributed by atoms with E-state index in [1.807, 2.05) is 38.1 Å². The zero-order valence-electron chi connectivity index (χ0n) is 13.1. The molecule has 0 aliphatic carbocycles. The highest BCUT2D eigenvalue weighted by Crippen LogP contribution is 2.28. The predicted octanol–water partition coefficient (Wildman–Crippen LogP) is 2.11. The molecule has 2 aromatic rings. The van der Waals surface area contributed by atoms with Crippen LogP contribution >= 0.6 is 0 Å². The number of para-hydroxylation sites is 1. The average Bonchev–Trinajstić information content (AvgIpc) is 2.83. The summed E-state index contributed by atoms with van der Waals surface area (Å²) in [4.78, 5) is 11.8. The van der Waals surface area contributed by atoms with Gasteiger partial charge in [0.15, 0.2) is 0 Å². The van der Waals surface area contributed by atoms with Gasteiger partial charge in [-0.1, -0.05) is 18.2 Å². The Morgan fingerprint density at radius 3 is 2.82 bits per heavy atom. The summed E-state index contributed by atoms with van der Waals surface area (Å²) in [5.41, 5.74) is 1.82. The van der Waals surface area contributed by atoms with Gasteiger partial charge in [0, 0.05) is 24.6 Å². The summed E-state index contributed by atoms with van der Waals surface area (Å²) in [5, 5.41) is 15.9. The van der Waals surface area contributed by atoms with Gasteiger partial charge in [-0.3, -0.25) is 0 Å². The number of aryl methyl sites for hydroxylation is 1. The number of hydrogen-bond donors (Lipinski definition) is 3. The van der Waals surface area contributed by atoms with Crippen LogP contribution in [0.1, 0.15) is 24.3 Å². The minimum Gasteiger partial charge on any atom is -0.459 e. The summed E-state index contributed by atoms with van der Waals surface area (Å²) in [5.74, 6) is 0.730. The number of furan rings is 1. The first-order chi connectivity index (χ1) is 10.5. The van der Waals surface area contributed by atoms with E-state index < -0.39 is 6.10 Å². The molecule has 0 spiro atoms. The Kier molecular flexibility index (Phi) is 5.41. The lowest BCUT2D eigenvalue weighted by Gasteiger charge is -2.15. The van der Waals surface area contributed by atoms with Crippen molar-refractivity contribution in [3.8, 4) is 0 Å². The van der Waals surface area contributed by atoms with Crippen LogP contribution in [-0.2, 0) is 4.74 Å². The van der Waals surface area contributed by atoms with Crippen molar-refractivity contribution in [3.63, 3.8) is 0 Å². The highest BCUT2D eigenvalue weighted by molar-refractivity contribution is 5.82. The fraction of sp³-hybridized carbons (Fsp3) is 0.438. The summed E-state index contributed by atoms with van der Waals surface area (Å²) >= 11 is 0. The van der Waals surface area contributed by atoms with Crippen molar-refractivity contribution < 1.29 is 19.1 Å². The molecule has 22 heavy (non-hydrogen) atoms. The third kappa shape index (κ3) is 3.78. The van der Waals surface area contributed by atoms with Crippen LogP contribution in [0.15, 0.2) is 28.7 Å². The van der Waals surface area contributed by atoms with Gasteiger partial charge >= 0.3 is 6.03 Å². The van der Waals surface area contributed by atoms with E-state index in [-0.39, 0.29) is 25.2 Å². The minimum atomic E-state index is -0.723. The molecule has 6 heteroatoms. The molecule has 2 unspecified atom stereocenters. The number of carbonyl (C=O) groups is 1. The lowest BCUT2D eigenvalue weighted by atomic mass is 10.1. The summed E-state index contributed by atoms with van der Waals surface area (Å²) < 4.78 is 10.6. The molecule has 2 amide bonds. The van der Waals surface area contributed by atoms with Gasteiger partial charge in [-0.2, -0.15) is 0 Å². The van der Waals surface area contributed by atoms with E-state index in [2.05, 4.69) is 10.6 Å². The molecule has 0 radical (unpaired) electrons. The number of ether oxygens (including phenoxy) is 1. The molecular formula is C16H22N2O4. The molecule has 120 valence electrons. The van der Waals surface area contributed by atoms with Crippen LogP contribution in [0.4, 0.5) is 4.79 Å². The quantitative estimate of drug-likeness (QED) is 0.763. The first kappa shape index (κ1) is 16.3. The lowest BCUT2D eigenvalue weighted by molar-refractivity contribution is 0.0659. The molecule has 0 aliphatic heterocycles. The van der Waals surface area contributed by atoms with E-state index in [4.69, 9.17) is 9.15 Å². The number of aliphatic hydroxyl groups is 1. The number of benzene rings is 1. The van der Waals surface area contributed by atoms with Gasteiger partial charge in [-0.15, -0.1) is 0 Å². The normalized spacial score (nSPS) is 13.8. The standard InChI is InChI=1S/C16H22N2O4/c1-10-13-6-4-5-7-14(13)22-15(10)11(2)18-16(20)17-8-12(19)9-21-3/h4-7,11-12,19H,8-9H2,1-3H3,(H2,17,18,20). The van der Waals surface area contributed by atoms with Crippen molar-refractivity contribution in [2.24, 2.45) is 0 Å². The Balaban J connectivity index is 1.97. The van der Waals surface area contributed by atoms with E-state index >= 15 is 0 Å². The van der Waals surface area contributed by atoms with E-state index in [9.17, 15) is 9.90 Å². The van der Waals surface area contributed by atoms with E-state index in [1.54, 1.807) is 0 Å². The van der Waals surface area contributed by atoms with Crippen molar-refractivity contribution in [2.45, 2.75) is 26.0 Å². The fourth-order valence-corrected chi connectivity index (χ4v) is 2.38. The van der Waals surface area contributed by atoms with Gasteiger partial charge in [0.1, 0.15) is 11.3 Å². The molecule has 2 rings (SSSR count). The number of urea groups is 1. The molecule has 0 saturated heterocycles. The second-order valence-corrected chi connectivity index (χ2v) is 5.27. The maximum atomic E-state index is 11.8. The number of amides is 2. The maximum absolute atomic E-state index is 11.8. The van der Waals surface area contributed by atoms with Gasteiger partial charge in [0.25, 0.3) is 0 Å². The van der Waals surface area contributed by atoms with Crippen LogP contribution in [0.3, 0.4) is 0 Å². The third-order valence-corrected chi connectivity index (χ3v) is 3.48. The molecule has 0 bridgehead atoms. The molecule has 3 N–H and O–H groups in total. The molecule has 6 nitrogen and oxygen atoms in total. The van der Waals surface area contributed by atoms with E-state index in [0.717, 1.165) is 22.3 Å². The fourth-order valence-electron chi connectivity index (χ4n) is 2.38. The monoisotopic (exact) mass is 306 g/mol. The number of rotatable bonds is 6. The molecule has 2 atom stereocenters. The second kappa shape index (κ2) is 7.29. The van der Waals surface area contributed by atoms with Gasteiger partial charge in [-0.25, -0.2) is 4.79 Å². The van der Waals surface area contributed by atoms with Crippen LogP contribution < -0.4 is 10.6 Å². The SMILES string of the molecule is COCC(O)CNC(=O)NC(C)c1oc2ccccc2c1C. The smallest absolute Gasteiger partial charge is 0.315 e. The van der Waals surface area contributed by atoms with E-state index in [0.29, 0.717) is 0 Å². The van der Waals surface area contributed by atoms with Crippen LogP contribution in [0.2, 0.25) is 0 Å². The predicted molar refractivity (Wildman–Crippen MR) is 83.8 cm³/mol. The third-order valence-electron chi connectivity index (χ3n) is 3.48. The molecule has 1 aromatic carbocycles. The highest BCUT2D eigenvalue weighted by Gasteiger charge is 2.18. The summed E-state index contributed by atoms with van der Waals surface area (Å²) in [6.07, 6.45) is -0.723. The van der Waals surface area contributed by atoms with Crippen LogP contribution in [0.5, 0.6) is 0 Å². The van der Waals surface area contributed by atoms with Crippen molar-refractivity contribution in [1.82, 2.24) is 10.6 Å². The van der Waals surface area contributed by atoms with Crippen LogP contribution in [0.25, 0.3) is 11.0 Å². The Hall–Kier alpha value is -2.05. The largest absolute Gasteiger partial charge is 0.459 e. The molecule has 0 saturated carbocycles. The van der Waals surface area contributed by atoms with Crippen molar-refractivity contribution in [2.75, 3.05) is 20.3 Å². The first-order valence-electron chi connectivity index (χ1n) is 7.22. The number of hydrogen-bond acceptors (Lipinski definition) is 4. The van der Waals surface area contributed by atoms with Crippen molar-refractivity contribution >= 4 is 17.0 Å². The zero-order chi connectivity index (χ0) is 16.1. The number of fused-ring (bicyclic) bond motifs is 1. The van der Waals surface area contributed by atoms with Crippen molar-refractivity contribution in [3.05, 3.63) is 35.6 Å². The second-order valence-electron chi connectivity index (χ2n) is 5.27. The van der Waals surface area contributed by atoms with Crippen molar-refractivity contribution in [1.29, 1.82) is 0 Å². The van der Waals surface area contributed by atoms with Gasteiger partial charge in [0.05, 0.1) is 18.8 Å². The Morgan fingerprint density at radius 1 is 1.41 bits per heavy atom. The number of aliphatic hydroxyl groups excluding tert-OH is 1. The molecule has 0 fully saturated rings. The van der Waals surface area contributed by atoms with Crippen LogP contribution in [-0.4, -0.2) is 37.5 Å². The maximum Gasteiger partial charge on any atom is 0.315 e. The van der Waals surface area contributed by atoms with Gasteiger partial charge in [0.2, 0.25) is 0 Å². The molecule has 1 heterocycles. The Labute approximate surface area is 129 Å². The molecule has 0 aliphatic rings. The number of nitrogens with one attached hydrogen (secondary N) is 2. The zero-order valence-corrected chi connectivity index (χ0v) is 13.1.